The largest absolute Gasteiger partial charge is 0.392 e. The fourth-order valence-corrected chi connectivity index (χ4v) is 1.91. The lowest BCUT2D eigenvalue weighted by Crippen LogP contribution is -2.21. The van der Waals surface area contributed by atoms with Crippen molar-refractivity contribution in [3.8, 4) is 0 Å². The minimum atomic E-state index is -0.488. The van der Waals surface area contributed by atoms with Crippen LogP contribution in [0.2, 0.25) is 0 Å². The molecule has 0 spiro atoms. The molecule has 3 nitrogen and oxygen atoms in total. The number of aliphatic hydroxyl groups excluding tert-OH is 2. The molecule has 2 rings (SSSR count). The van der Waals surface area contributed by atoms with E-state index >= 15 is 0 Å². The second-order valence-corrected chi connectivity index (χ2v) is 4.53. The Bertz CT molecular complexity index is 482. The number of rotatable bonds is 6. The fraction of sp³-hybridized carbons (Fsp3) is 0.250. The highest BCUT2D eigenvalue weighted by molar-refractivity contribution is 5.22. The maximum absolute atomic E-state index is 9.99. The van der Waals surface area contributed by atoms with Gasteiger partial charge in [-0.25, -0.2) is 0 Å². The molecule has 0 aliphatic heterocycles. The second-order valence-electron chi connectivity index (χ2n) is 4.53. The molecular formula is C16H19NO2. The van der Waals surface area contributed by atoms with Crippen molar-refractivity contribution < 1.29 is 10.2 Å². The zero-order valence-corrected chi connectivity index (χ0v) is 10.8. The molecule has 2 aromatic carbocycles. The summed E-state index contributed by atoms with van der Waals surface area (Å²) in [7, 11) is 0. The fourth-order valence-electron chi connectivity index (χ4n) is 1.91. The van der Waals surface area contributed by atoms with E-state index in [2.05, 4.69) is 5.32 Å². The van der Waals surface area contributed by atoms with E-state index in [4.69, 9.17) is 5.11 Å². The molecular weight excluding hydrogens is 238 g/mol. The van der Waals surface area contributed by atoms with E-state index in [-0.39, 0.29) is 6.61 Å². The Morgan fingerprint density at radius 2 is 1.53 bits per heavy atom. The van der Waals surface area contributed by atoms with Gasteiger partial charge in [-0.3, -0.25) is 0 Å². The molecule has 100 valence electrons. The van der Waals surface area contributed by atoms with Crippen LogP contribution < -0.4 is 5.32 Å². The summed E-state index contributed by atoms with van der Waals surface area (Å²) < 4.78 is 0. The lowest BCUT2D eigenvalue weighted by Gasteiger charge is -2.12. The second kappa shape index (κ2) is 7.04. The summed E-state index contributed by atoms with van der Waals surface area (Å²) in [5, 5.41) is 22.2. The van der Waals surface area contributed by atoms with Gasteiger partial charge in [0.05, 0.1) is 12.7 Å². The number of nitrogens with one attached hydrogen (secondary N) is 1. The Kier molecular flexibility index (Phi) is 5.10. The van der Waals surface area contributed by atoms with Gasteiger partial charge in [0.2, 0.25) is 0 Å². The quantitative estimate of drug-likeness (QED) is 0.742. The third-order valence-corrected chi connectivity index (χ3v) is 3.06. The van der Waals surface area contributed by atoms with Gasteiger partial charge in [-0.1, -0.05) is 54.6 Å². The van der Waals surface area contributed by atoms with Gasteiger partial charge in [-0.15, -0.1) is 0 Å². The molecule has 0 aromatic heterocycles. The van der Waals surface area contributed by atoms with E-state index < -0.39 is 6.10 Å². The van der Waals surface area contributed by atoms with Gasteiger partial charge in [0.15, 0.2) is 0 Å². The monoisotopic (exact) mass is 257 g/mol. The number of hydrogen-bond acceptors (Lipinski definition) is 3. The van der Waals surface area contributed by atoms with Crippen LogP contribution in [0.3, 0.4) is 0 Å². The zero-order chi connectivity index (χ0) is 13.5. The van der Waals surface area contributed by atoms with Crippen LogP contribution in [0.4, 0.5) is 0 Å². The Morgan fingerprint density at radius 3 is 2.16 bits per heavy atom. The van der Waals surface area contributed by atoms with E-state index in [9.17, 15) is 5.11 Å². The first-order chi connectivity index (χ1) is 9.29. The minimum absolute atomic E-state index is 0.0699. The van der Waals surface area contributed by atoms with Crippen LogP contribution in [-0.4, -0.2) is 16.8 Å². The first kappa shape index (κ1) is 13.7. The Hall–Kier alpha value is -1.68. The highest BCUT2D eigenvalue weighted by atomic mass is 16.3. The molecule has 0 aliphatic carbocycles. The van der Waals surface area contributed by atoms with Crippen LogP contribution in [0.25, 0.3) is 0 Å². The zero-order valence-electron chi connectivity index (χ0n) is 10.8. The minimum Gasteiger partial charge on any atom is -0.392 e. The standard InChI is InChI=1S/C16H19NO2/c18-12-14-8-6-13(7-9-14)10-17-11-16(19)15-4-2-1-3-5-15/h1-9,16-19H,10-12H2. The van der Waals surface area contributed by atoms with Gasteiger partial charge in [-0.2, -0.15) is 0 Å². The molecule has 1 unspecified atom stereocenters. The van der Waals surface area contributed by atoms with Crippen molar-refractivity contribution in [2.24, 2.45) is 0 Å². The number of hydrogen-bond donors (Lipinski definition) is 3. The maximum atomic E-state index is 9.99. The smallest absolute Gasteiger partial charge is 0.0914 e. The molecule has 0 saturated carbocycles. The molecule has 0 heterocycles. The maximum Gasteiger partial charge on any atom is 0.0914 e. The SMILES string of the molecule is OCc1ccc(CNCC(O)c2ccccc2)cc1. The van der Waals surface area contributed by atoms with Crippen LogP contribution in [0.15, 0.2) is 54.6 Å². The Balaban J connectivity index is 1.79. The number of aliphatic hydroxyl groups is 2. The number of benzene rings is 2. The van der Waals surface area contributed by atoms with E-state index in [0.29, 0.717) is 13.1 Å². The summed E-state index contributed by atoms with van der Waals surface area (Å²) in [5.41, 5.74) is 2.97. The van der Waals surface area contributed by atoms with Crippen LogP contribution in [-0.2, 0) is 13.2 Å². The Morgan fingerprint density at radius 1 is 0.895 bits per heavy atom. The molecule has 2 aromatic rings. The molecule has 0 aliphatic rings. The van der Waals surface area contributed by atoms with Gasteiger partial charge >= 0.3 is 0 Å². The summed E-state index contributed by atoms with van der Waals surface area (Å²) in [4.78, 5) is 0. The van der Waals surface area contributed by atoms with E-state index in [1.807, 2.05) is 54.6 Å². The van der Waals surface area contributed by atoms with Crippen molar-refractivity contribution in [3.63, 3.8) is 0 Å². The highest BCUT2D eigenvalue weighted by Crippen LogP contribution is 2.11. The van der Waals surface area contributed by atoms with Crippen LogP contribution in [0.5, 0.6) is 0 Å². The van der Waals surface area contributed by atoms with E-state index in [0.717, 1.165) is 16.7 Å². The average molecular weight is 257 g/mol. The van der Waals surface area contributed by atoms with Gasteiger partial charge in [0.1, 0.15) is 0 Å². The topological polar surface area (TPSA) is 52.5 Å². The summed E-state index contributed by atoms with van der Waals surface area (Å²) in [6.07, 6.45) is -0.488. The van der Waals surface area contributed by atoms with Crippen molar-refractivity contribution >= 4 is 0 Å². The highest BCUT2D eigenvalue weighted by Gasteiger charge is 2.05. The van der Waals surface area contributed by atoms with Gasteiger partial charge < -0.3 is 15.5 Å². The summed E-state index contributed by atoms with van der Waals surface area (Å²) >= 11 is 0. The first-order valence-corrected chi connectivity index (χ1v) is 6.42. The third-order valence-electron chi connectivity index (χ3n) is 3.06. The predicted octanol–water partition coefficient (Wildman–Crippen LogP) is 2.00. The average Bonchev–Trinajstić information content (AvgIpc) is 2.49. The van der Waals surface area contributed by atoms with Gasteiger partial charge in [0.25, 0.3) is 0 Å². The molecule has 19 heavy (non-hydrogen) atoms. The van der Waals surface area contributed by atoms with Crippen LogP contribution in [0, 0.1) is 0 Å². The van der Waals surface area contributed by atoms with Crippen molar-refractivity contribution in [3.05, 3.63) is 71.3 Å². The van der Waals surface area contributed by atoms with Crippen LogP contribution >= 0.6 is 0 Å². The lowest BCUT2D eigenvalue weighted by molar-refractivity contribution is 0.174. The molecule has 0 radical (unpaired) electrons. The molecule has 0 saturated heterocycles. The molecule has 0 fully saturated rings. The molecule has 0 amide bonds. The third kappa shape index (κ3) is 4.17. The summed E-state index contributed by atoms with van der Waals surface area (Å²) in [5.74, 6) is 0. The van der Waals surface area contributed by atoms with Crippen LogP contribution in [0.1, 0.15) is 22.8 Å². The van der Waals surface area contributed by atoms with E-state index in [1.165, 1.54) is 0 Å². The molecule has 3 heteroatoms. The summed E-state index contributed by atoms with van der Waals surface area (Å²) in [6.45, 7) is 1.29. The Labute approximate surface area is 113 Å². The van der Waals surface area contributed by atoms with Crippen molar-refractivity contribution in [1.29, 1.82) is 0 Å². The van der Waals surface area contributed by atoms with Crippen molar-refractivity contribution in [2.75, 3.05) is 6.54 Å². The van der Waals surface area contributed by atoms with Crippen molar-refractivity contribution in [1.82, 2.24) is 5.32 Å². The molecule has 0 bridgehead atoms. The normalized spacial score (nSPS) is 12.3. The predicted molar refractivity (Wildman–Crippen MR) is 75.5 cm³/mol. The van der Waals surface area contributed by atoms with Crippen molar-refractivity contribution in [2.45, 2.75) is 19.3 Å². The summed E-state index contributed by atoms with van der Waals surface area (Å²) in [6, 6.07) is 17.4. The first-order valence-electron chi connectivity index (χ1n) is 6.42. The van der Waals surface area contributed by atoms with E-state index in [1.54, 1.807) is 0 Å². The van der Waals surface area contributed by atoms with Gasteiger partial charge in [0, 0.05) is 13.1 Å². The molecule has 1 atom stereocenters. The molecule has 3 N–H and O–H groups in total. The van der Waals surface area contributed by atoms with Gasteiger partial charge in [-0.05, 0) is 16.7 Å². The lowest BCUT2D eigenvalue weighted by atomic mass is 10.1.